The summed E-state index contributed by atoms with van der Waals surface area (Å²) in [6.07, 6.45) is 1.66. The van der Waals surface area contributed by atoms with Crippen LogP contribution in [0.2, 0.25) is 0 Å². The number of hydrogen-bond acceptors (Lipinski definition) is 3. The van der Waals surface area contributed by atoms with Crippen LogP contribution >= 0.6 is 15.9 Å². The molecule has 19 heavy (non-hydrogen) atoms. The summed E-state index contributed by atoms with van der Waals surface area (Å²) in [7, 11) is 0. The number of fused-ring (bicyclic) bond motifs is 3. The van der Waals surface area contributed by atoms with Gasteiger partial charge in [-0.05, 0) is 31.2 Å². The van der Waals surface area contributed by atoms with Crippen LogP contribution in [0.15, 0.2) is 34.9 Å². The van der Waals surface area contributed by atoms with Gasteiger partial charge in [-0.2, -0.15) is 0 Å². The first kappa shape index (κ1) is 12.2. The van der Waals surface area contributed by atoms with Crippen molar-refractivity contribution in [3.63, 3.8) is 0 Å². The van der Waals surface area contributed by atoms with Gasteiger partial charge in [-0.15, -0.1) is 0 Å². The molecule has 0 saturated heterocycles. The van der Waals surface area contributed by atoms with E-state index in [1.54, 1.807) is 19.2 Å². The highest BCUT2D eigenvalue weighted by Gasteiger charge is 2.12. The van der Waals surface area contributed by atoms with E-state index in [4.69, 9.17) is 4.74 Å². The van der Waals surface area contributed by atoms with Crippen molar-refractivity contribution in [1.29, 1.82) is 0 Å². The number of carbonyl (C=O) groups is 1. The molecule has 0 unspecified atom stereocenters. The molecule has 0 saturated carbocycles. The van der Waals surface area contributed by atoms with Gasteiger partial charge >= 0.3 is 5.97 Å². The molecule has 5 heteroatoms. The van der Waals surface area contributed by atoms with Crippen LogP contribution in [0.25, 0.3) is 21.8 Å². The van der Waals surface area contributed by atoms with Gasteiger partial charge in [0.2, 0.25) is 0 Å². The second kappa shape index (κ2) is 4.66. The van der Waals surface area contributed by atoms with Crippen molar-refractivity contribution in [2.24, 2.45) is 0 Å². The molecule has 0 aliphatic heterocycles. The maximum atomic E-state index is 11.7. The molecule has 96 valence electrons. The predicted molar refractivity (Wildman–Crippen MR) is 77.3 cm³/mol. The molecule has 0 spiro atoms. The van der Waals surface area contributed by atoms with Crippen molar-refractivity contribution in [3.05, 3.63) is 40.6 Å². The van der Waals surface area contributed by atoms with Crippen molar-refractivity contribution >= 4 is 43.7 Å². The van der Waals surface area contributed by atoms with Crippen molar-refractivity contribution in [2.45, 2.75) is 6.92 Å². The molecule has 0 aliphatic carbocycles. The lowest BCUT2D eigenvalue weighted by Crippen LogP contribution is -2.06. The van der Waals surface area contributed by atoms with Crippen molar-refractivity contribution < 1.29 is 9.53 Å². The van der Waals surface area contributed by atoms with Crippen molar-refractivity contribution in [3.8, 4) is 0 Å². The predicted octanol–water partition coefficient (Wildman–Crippen LogP) is 3.66. The number of ether oxygens (including phenoxy) is 1. The number of nitrogens with zero attached hydrogens (tertiary/aromatic N) is 1. The number of rotatable bonds is 2. The monoisotopic (exact) mass is 318 g/mol. The van der Waals surface area contributed by atoms with Crippen molar-refractivity contribution in [2.75, 3.05) is 6.61 Å². The zero-order chi connectivity index (χ0) is 13.4. The molecule has 0 amide bonds. The number of esters is 1. The summed E-state index contributed by atoms with van der Waals surface area (Å²) in [5.74, 6) is -0.395. The Balaban J connectivity index is 2.23. The van der Waals surface area contributed by atoms with Gasteiger partial charge in [0.05, 0.1) is 18.3 Å². The Hall–Kier alpha value is -1.88. The Morgan fingerprint density at radius 3 is 2.89 bits per heavy atom. The Morgan fingerprint density at radius 2 is 2.11 bits per heavy atom. The SMILES string of the molecule is CCOC(=O)c1cc2c(cn1)[nH]c1ccc(Br)cc12. The Bertz CT molecular complexity index is 780. The van der Waals surface area contributed by atoms with Gasteiger partial charge in [-0.1, -0.05) is 15.9 Å². The van der Waals surface area contributed by atoms with E-state index in [1.807, 2.05) is 18.2 Å². The third-order valence-corrected chi connectivity index (χ3v) is 3.42. The second-order valence-electron chi connectivity index (χ2n) is 4.15. The molecule has 0 radical (unpaired) electrons. The van der Waals surface area contributed by atoms with Gasteiger partial charge in [0.1, 0.15) is 5.69 Å². The van der Waals surface area contributed by atoms with Crippen LogP contribution in [0.4, 0.5) is 0 Å². The third kappa shape index (κ3) is 2.10. The van der Waals surface area contributed by atoms with Gasteiger partial charge in [0.15, 0.2) is 0 Å². The fourth-order valence-corrected chi connectivity index (χ4v) is 2.45. The largest absolute Gasteiger partial charge is 0.461 e. The van der Waals surface area contributed by atoms with Gasteiger partial charge in [-0.3, -0.25) is 0 Å². The van der Waals surface area contributed by atoms with E-state index >= 15 is 0 Å². The number of halogens is 1. The smallest absolute Gasteiger partial charge is 0.356 e. The number of aromatic amines is 1. The normalized spacial score (nSPS) is 11.1. The minimum atomic E-state index is -0.395. The molecule has 1 aromatic carbocycles. The fraction of sp³-hybridized carbons (Fsp3) is 0.143. The van der Waals surface area contributed by atoms with Crippen LogP contribution in [0.3, 0.4) is 0 Å². The summed E-state index contributed by atoms with van der Waals surface area (Å²) in [5, 5.41) is 2.02. The van der Waals surface area contributed by atoms with Gasteiger partial charge in [0, 0.05) is 20.8 Å². The van der Waals surface area contributed by atoms with E-state index in [0.29, 0.717) is 12.3 Å². The summed E-state index contributed by atoms with van der Waals surface area (Å²) < 4.78 is 5.96. The molecule has 3 aromatic rings. The summed E-state index contributed by atoms with van der Waals surface area (Å²) in [4.78, 5) is 19.1. The molecule has 4 nitrogen and oxygen atoms in total. The lowest BCUT2D eigenvalue weighted by molar-refractivity contribution is 0.0520. The number of pyridine rings is 1. The first-order valence-electron chi connectivity index (χ1n) is 5.93. The lowest BCUT2D eigenvalue weighted by Gasteiger charge is -2.00. The number of aromatic nitrogens is 2. The summed E-state index contributed by atoms with van der Waals surface area (Å²) >= 11 is 3.45. The molecule has 2 heterocycles. The summed E-state index contributed by atoms with van der Waals surface area (Å²) in [6.45, 7) is 2.12. The number of benzene rings is 1. The first-order chi connectivity index (χ1) is 9.19. The maximum absolute atomic E-state index is 11.7. The molecule has 1 N–H and O–H groups in total. The molecule has 0 fully saturated rings. The Morgan fingerprint density at radius 1 is 1.32 bits per heavy atom. The van der Waals surface area contributed by atoms with Crippen LogP contribution in [0.5, 0.6) is 0 Å². The zero-order valence-electron chi connectivity index (χ0n) is 10.2. The molecule has 2 aromatic heterocycles. The van der Waals surface area contributed by atoms with E-state index in [-0.39, 0.29) is 0 Å². The van der Waals surface area contributed by atoms with E-state index in [0.717, 1.165) is 26.3 Å². The minimum absolute atomic E-state index is 0.329. The topological polar surface area (TPSA) is 55.0 Å². The molecule has 0 atom stereocenters. The molecule has 0 aliphatic rings. The van der Waals surface area contributed by atoms with Crippen LogP contribution in [0, 0.1) is 0 Å². The number of carbonyl (C=O) groups excluding carboxylic acids is 1. The van der Waals surface area contributed by atoms with Crippen LogP contribution in [-0.2, 0) is 4.74 Å². The van der Waals surface area contributed by atoms with Gasteiger partial charge in [-0.25, -0.2) is 9.78 Å². The highest BCUT2D eigenvalue weighted by molar-refractivity contribution is 9.10. The van der Waals surface area contributed by atoms with E-state index in [9.17, 15) is 4.79 Å². The van der Waals surface area contributed by atoms with E-state index in [1.165, 1.54) is 0 Å². The fourth-order valence-electron chi connectivity index (χ4n) is 2.09. The average Bonchev–Trinajstić information content (AvgIpc) is 2.76. The van der Waals surface area contributed by atoms with Crippen LogP contribution in [0.1, 0.15) is 17.4 Å². The number of hydrogen-bond donors (Lipinski definition) is 1. The van der Waals surface area contributed by atoms with Gasteiger partial charge < -0.3 is 9.72 Å². The van der Waals surface area contributed by atoms with Gasteiger partial charge in [0.25, 0.3) is 0 Å². The second-order valence-corrected chi connectivity index (χ2v) is 5.07. The highest BCUT2D eigenvalue weighted by atomic mass is 79.9. The quantitative estimate of drug-likeness (QED) is 0.734. The van der Waals surface area contributed by atoms with E-state index in [2.05, 4.69) is 25.9 Å². The average molecular weight is 319 g/mol. The van der Waals surface area contributed by atoms with E-state index < -0.39 is 5.97 Å². The maximum Gasteiger partial charge on any atom is 0.356 e. The van der Waals surface area contributed by atoms with Crippen LogP contribution < -0.4 is 0 Å². The van der Waals surface area contributed by atoms with Crippen LogP contribution in [-0.4, -0.2) is 22.5 Å². The molecular formula is C14H11BrN2O2. The standard InChI is InChI=1S/C14H11BrN2O2/c1-2-19-14(18)12-6-10-9-5-8(15)3-4-11(9)17-13(10)7-16-12/h3-7,17H,2H2,1H3. The number of H-pyrrole nitrogens is 1. The zero-order valence-corrected chi connectivity index (χ0v) is 11.8. The highest BCUT2D eigenvalue weighted by Crippen LogP contribution is 2.28. The summed E-state index contributed by atoms with van der Waals surface area (Å²) in [6, 6.07) is 7.74. The molecule has 3 rings (SSSR count). The Kier molecular flexibility index (Phi) is 2.98. The third-order valence-electron chi connectivity index (χ3n) is 2.93. The minimum Gasteiger partial charge on any atom is -0.461 e. The molecule has 0 bridgehead atoms. The number of nitrogens with one attached hydrogen (secondary N) is 1. The summed E-state index contributed by atoms with van der Waals surface area (Å²) in [5.41, 5.74) is 2.25. The first-order valence-corrected chi connectivity index (χ1v) is 6.72. The Labute approximate surface area is 117 Å². The molecular weight excluding hydrogens is 308 g/mol. The lowest BCUT2D eigenvalue weighted by atomic mass is 10.1. The van der Waals surface area contributed by atoms with Crippen molar-refractivity contribution in [1.82, 2.24) is 9.97 Å².